The third kappa shape index (κ3) is 3.79. The van der Waals surface area contributed by atoms with E-state index in [1.54, 1.807) is 41.5 Å². The van der Waals surface area contributed by atoms with Crippen LogP contribution in [0.25, 0.3) is 0 Å². The molecule has 2 saturated heterocycles. The van der Waals surface area contributed by atoms with Gasteiger partial charge in [-0.2, -0.15) is 0 Å². The predicted octanol–water partition coefficient (Wildman–Crippen LogP) is 5.58. The van der Waals surface area contributed by atoms with Gasteiger partial charge in [0.2, 0.25) is 0 Å². The van der Waals surface area contributed by atoms with E-state index in [-0.39, 0.29) is 3.91 Å². The molecule has 2 heterocycles. The molecule has 2 aliphatic heterocycles. The molecular weight excluding hydrogens is 701 g/mol. The molecule has 0 atom stereocenters. The minimum Gasteiger partial charge on any atom is -0.0628 e. The van der Waals surface area contributed by atoms with Crippen molar-refractivity contribution in [3.63, 3.8) is 0 Å². The minimum atomic E-state index is -2.82. The summed E-state index contributed by atoms with van der Waals surface area (Å²) in [4.78, 5) is 0. The summed E-state index contributed by atoms with van der Waals surface area (Å²) in [5.74, 6) is 0. The largest absolute Gasteiger partial charge is 0.121 e. The van der Waals surface area contributed by atoms with Gasteiger partial charge in [0.05, 0.1) is 0 Å². The normalized spacial score (nSPS) is 17.8. The van der Waals surface area contributed by atoms with Gasteiger partial charge in [-0.1, -0.05) is 284 Å². The van der Waals surface area contributed by atoms with E-state index in [0.29, 0.717) is 0 Å². The second-order valence-electron chi connectivity index (χ2n) is 14.7. The number of rotatable bonds is 8. The fourth-order valence-corrected chi connectivity index (χ4v) is 102. The molecule has 0 N–H and O–H groups in total. The molecule has 1 spiro atoms. The van der Waals surface area contributed by atoms with E-state index in [1.807, 2.05) is 0 Å². The maximum atomic E-state index is 2.55. The van der Waals surface area contributed by atoms with Crippen molar-refractivity contribution in [2.45, 2.75) is 3.91 Å². The Kier molecular flexibility index (Phi) is 7.53. The summed E-state index contributed by atoms with van der Waals surface area (Å²) in [6.07, 6.45) is 0. The predicted molar refractivity (Wildman–Crippen MR) is 234 cm³/mol. The molecule has 53 heavy (non-hydrogen) atoms. The molecule has 4 heteroatoms. The van der Waals surface area contributed by atoms with Crippen LogP contribution >= 0.6 is 0 Å². The first-order valence-electron chi connectivity index (χ1n) is 18.8. The molecule has 0 amide bonds. The third-order valence-electron chi connectivity index (χ3n) is 12.9. The maximum absolute atomic E-state index is 2.82. The molecule has 8 aromatic rings. The monoisotopic (exact) mass is 740 g/mol. The fourth-order valence-electron chi connectivity index (χ4n) is 11.9. The molecule has 2 aliphatic rings. The Labute approximate surface area is 316 Å². The Morgan fingerprint density at radius 2 is 0.283 bits per heavy atom. The van der Waals surface area contributed by atoms with Gasteiger partial charge in [-0.15, -0.1) is 0 Å². The second-order valence-corrected chi connectivity index (χ2v) is 40.3. The smallest absolute Gasteiger partial charge is 0.0628 e. The van der Waals surface area contributed by atoms with Crippen LogP contribution in [0.15, 0.2) is 243 Å². The van der Waals surface area contributed by atoms with Crippen molar-refractivity contribution >= 4 is 71.9 Å². The van der Waals surface area contributed by atoms with Gasteiger partial charge in [-0.05, 0) is 3.91 Å². The first kappa shape index (κ1) is 32.3. The van der Waals surface area contributed by atoms with Gasteiger partial charge in [0, 0.05) is 0 Å². The Balaban J connectivity index is 1.56. The summed E-state index contributed by atoms with van der Waals surface area (Å²) in [6, 6.07) is 95.9. The van der Waals surface area contributed by atoms with E-state index in [1.165, 1.54) is 0 Å². The van der Waals surface area contributed by atoms with Crippen molar-refractivity contribution < 1.29 is 0 Å². The van der Waals surface area contributed by atoms with Crippen molar-refractivity contribution in [2.75, 3.05) is 0 Å². The van der Waals surface area contributed by atoms with E-state index < -0.39 is 30.4 Å². The number of hydrogen-bond donors (Lipinski definition) is 0. The molecule has 0 unspecified atom stereocenters. The van der Waals surface area contributed by atoms with Crippen LogP contribution in [0, 0.1) is 0 Å². The molecule has 0 saturated carbocycles. The van der Waals surface area contributed by atoms with Crippen molar-refractivity contribution in [1.29, 1.82) is 0 Å². The SMILES string of the molecule is c1ccc([Si]2(c3ccccc3)C3([Si]2(c2ccccc2)c2ccccc2)[Si](c2ccccc2)(c2ccccc2)[Si]3(c2ccccc2)c2ccccc2)cc1. The first-order valence-corrected chi connectivity index (χ1v) is 28.8. The zero-order valence-electron chi connectivity index (χ0n) is 29.6. The summed E-state index contributed by atoms with van der Waals surface area (Å²) < 4.78 is 0.0385. The Morgan fingerprint density at radius 3 is 0.396 bits per heavy atom. The Morgan fingerprint density at radius 1 is 0.170 bits per heavy atom. The molecule has 10 rings (SSSR count). The topological polar surface area (TPSA) is 0 Å². The van der Waals surface area contributed by atoms with Crippen molar-refractivity contribution in [3.8, 4) is 0 Å². The van der Waals surface area contributed by atoms with E-state index in [2.05, 4.69) is 243 Å². The van der Waals surface area contributed by atoms with Crippen LogP contribution in [0.3, 0.4) is 0 Å². The fraction of sp³-hybridized carbons (Fsp3) is 0.0204. The summed E-state index contributed by atoms with van der Waals surface area (Å²) >= 11 is 0. The molecule has 0 radical (unpaired) electrons. The molecule has 252 valence electrons. The average molecular weight is 741 g/mol. The highest BCUT2D eigenvalue weighted by molar-refractivity contribution is 8.05. The lowest BCUT2D eigenvalue weighted by molar-refractivity contribution is 1.58. The standard InChI is InChI=1S/C49H40Si4/c1-9-25-41(26-10-1)50(42-27-11-2-12-28-42)49(51(50,43-29-13-3-14-30-43)44-31-15-4-16-32-44)52(45-33-17-5-18-34-45,46-35-19-6-20-36-46)53(49,47-37-21-7-22-38-47)48-39-23-8-24-40-48/h1-40H. The highest BCUT2D eigenvalue weighted by atomic mass is 29.4. The van der Waals surface area contributed by atoms with Crippen LogP contribution in [0.1, 0.15) is 0 Å². The van der Waals surface area contributed by atoms with E-state index in [9.17, 15) is 0 Å². The average Bonchev–Trinajstić information content (AvgIpc) is 4.08. The van der Waals surface area contributed by atoms with Gasteiger partial charge in [-0.3, -0.25) is 0 Å². The van der Waals surface area contributed by atoms with Gasteiger partial charge in [0.1, 0.15) is 30.4 Å². The van der Waals surface area contributed by atoms with Gasteiger partial charge in [0.15, 0.2) is 0 Å². The summed E-state index contributed by atoms with van der Waals surface area (Å²) in [5, 5.41) is 12.7. The lowest BCUT2D eigenvalue weighted by atomic mass is 10.4. The van der Waals surface area contributed by atoms with Gasteiger partial charge in [-0.25, -0.2) is 0 Å². The molecular formula is C49H40Si4. The lowest BCUT2D eigenvalue weighted by Crippen LogP contribution is -2.65. The van der Waals surface area contributed by atoms with Crippen LogP contribution in [0.2, 0.25) is 3.91 Å². The van der Waals surface area contributed by atoms with Crippen molar-refractivity contribution in [1.82, 2.24) is 0 Å². The second kappa shape index (κ2) is 12.4. The molecule has 2 fully saturated rings. The molecule has 0 bridgehead atoms. The highest BCUT2D eigenvalue weighted by Gasteiger charge is 3.14. The zero-order chi connectivity index (χ0) is 35.4. The summed E-state index contributed by atoms with van der Waals surface area (Å²) in [5.41, 5.74) is 0. The van der Waals surface area contributed by atoms with Crippen LogP contribution in [0.5, 0.6) is 0 Å². The molecule has 8 aromatic carbocycles. The van der Waals surface area contributed by atoms with Crippen LogP contribution < -0.4 is 41.5 Å². The molecule has 0 aromatic heterocycles. The van der Waals surface area contributed by atoms with E-state index in [4.69, 9.17) is 0 Å². The van der Waals surface area contributed by atoms with Crippen LogP contribution in [-0.2, 0) is 0 Å². The maximum Gasteiger partial charge on any atom is 0.121 e. The number of benzene rings is 8. The zero-order valence-corrected chi connectivity index (χ0v) is 33.6. The quantitative estimate of drug-likeness (QED) is 0.179. The van der Waals surface area contributed by atoms with E-state index in [0.717, 1.165) is 0 Å². The van der Waals surface area contributed by atoms with E-state index >= 15 is 0 Å². The molecule has 0 nitrogen and oxygen atoms in total. The Hall–Kier alpha value is -5.37. The highest BCUT2D eigenvalue weighted by Crippen LogP contribution is 2.86. The van der Waals surface area contributed by atoms with Gasteiger partial charge < -0.3 is 0 Å². The van der Waals surface area contributed by atoms with Gasteiger partial charge >= 0.3 is 0 Å². The molecule has 0 aliphatic carbocycles. The number of hydrogen-bond acceptors (Lipinski definition) is 0. The third-order valence-corrected chi connectivity index (χ3v) is 64.4. The summed E-state index contributed by atoms with van der Waals surface area (Å²) in [7, 11) is -11.3. The van der Waals surface area contributed by atoms with Gasteiger partial charge in [0.25, 0.3) is 0 Å². The first-order chi connectivity index (χ1) is 26.3. The van der Waals surface area contributed by atoms with Crippen LogP contribution in [-0.4, -0.2) is 30.4 Å². The van der Waals surface area contributed by atoms with Crippen LogP contribution in [0.4, 0.5) is 0 Å². The van der Waals surface area contributed by atoms with Crippen molar-refractivity contribution in [2.24, 2.45) is 0 Å². The lowest BCUT2D eigenvalue weighted by Gasteiger charge is -2.26. The van der Waals surface area contributed by atoms with Crippen molar-refractivity contribution in [3.05, 3.63) is 243 Å². The Bertz CT molecular complexity index is 1960. The minimum absolute atomic E-state index is 0.0385. The summed E-state index contributed by atoms with van der Waals surface area (Å²) in [6.45, 7) is 0.